The number of carbonyl (C=O) groups excluding carboxylic acids is 1. The van der Waals surface area contributed by atoms with Gasteiger partial charge in [0.25, 0.3) is 0 Å². The Morgan fingerprint density at radius 3 is 2.80 bits per heavy atom. The topological polar surface area (TPSA) is 63.1 Å². The molecule has 0 spiro atoms. The summed E-state index contributed by atoms with van der Waals surface area (Å²) in [5, 5.41) is 11.0. The number of carbonyl (C=O) groups is 1. The first-order valence-corrected chi connectivity index (χ1v) is 6.99. The van der Waals surface area contributed by atoms with Crippen LogP contribution in [0.15, 0.2) is 47.1 Å². The average molecular weight is 289 g/mol. The van der Waals surface area contributed by atoms with Crippen LogP contribution in [-0.4, -0.2) is 29.1 Å². The molecule has 0 bridgehead atoms. The standard InChI is InChI=1S/C14H15N3O2S/c1-3-8-19-12-6-4-11(5-7-12)9-15-17-14-16-13(18)10(2)20-14/h3-7,9-10H,1,8H2,2H3,(H,16,17,18)/b15-9-/t10-/m1/s1. The first-order chi connectivity index (χ1) is 9.69. The molecule has 2 rings (SSSR count). The third-order valence-electron chi connectivity index (χ3n) is 2.49. The molecule has 5 nitrogen and oxygen atoms in total. The lowest BCUT2D eigenvalue weighted by Gasteiger charge is -2.02. The van der Waals surface area contributed by atoms with E-state index in [1.54, 1.807) is 12.3 Å². The van der Waals surface area contributed by atoms with Crippen LogP contribution >= 0.6 is 11.8 Å². The third-order valence-corrected chi connectivity index (χ3v) is 3.47. The summed E-state index contributed by atoms with van der Waals surface area (Å²) in [6.45, 7) is 5.90. The number of nitrogens with zero attached hydrogens (tertiary/aromatic N) is 2. The Balaban J connectivity index is 1.93. The Kier molecular flexibility index (Phi) is 4.95. The van der Waals surface area contributed by atoms with Gasteiger partial charge in [0.1, 0.15) is 12.4 Å². The smallest absolute Gasteiger partial charge is 0.239 e. The van der Waals surface area contributed by atoms with Crippen LogP contribution < -0.4 is 10.1 Å². The van der Waals surface area contributed by atoms with E-state index in [0.29, 0.717) is 11.8 Å². The Morgan fingerprint density at radius 2 is 2.20 bits per heavy atom. The third kappa shape index (κ3) is 3.96. The minimum absolute atomic E-state index is 0.0346. The normalized spacial score (nSPS) is 20.4. The molecule has 0 saturated carbocycles. The van der Waals surface area contributed by atoms with E-state index >= 15 is 0 Å². The first kappa shape index (κ1) is 14.3. The van der Waals surface area contributed by atoms with Crippen molar-refractivity contribution in [3.63, 3.8) is 0 Å². The van der Waals surface area contributed by atoms with Crippen LogP contribution in [0.3, 0.4) is 0 Å². The van der Waals surface area contributed by atoms with Crippen molar-refractivity contribution in [2.45, 2.75) is 12.2 Å². The van der Waals surface area contributed by atoms with E-state index in [1.165, 1.54) is 11.8 Å². The summed E-state index contributed by atoms with van der Waals surface area (Å²) in [6.07, 6.45) is 3.32. The van der Waals surface area contributed by atoms with E-state index in [0.717, 1.165) is 11.3 Å². The van der Waals surface area contributed by atoms with Crippen molar-refractivity contribution in [1.82, 2.24) is 5.32 Å². The molecule has 20 heavy (non-hydrogen) atoms. The second kappa shape index (κ2) is 6.91. The number of thioether (sulfide) groups is 1. The number of hydrogen-bond donors (Lipinski definition) is 1. The Morgan fingerprint density at radius 1 is 1.45 bits per heavy atom. The summed E-state index contributed by atoms with van der Waals surface area (Å²) in [6, 6.07) is 7.47. The molecule has 1 atom stereocenters. The Hall–Kier alpha value is -2.08. The van der Waals surface area contributed by atoms with Gasteiger partial charge in [0.15, 0.2) is 5.17 Å². The monoisotopic (exact) mass is 289 g/mol. The van der Waals surface area contributed by atoms with Gasteiger partial charge in [-0.3, -0.25) is 4.79 Å². The summed E-state index contributed by atoms with van der Waals surface area (Å²) >= 11 is 1.37. The minimum atomic E-state index is -0.106. The van der Waals surface area contributed by atoms with Crippen molar-refractivity contribution in [1.29, 1.82) is 0 Å². The molecule has 0 radical (unpaired) electrons. The quantitative estimate of drug-likeness (QED) is 0.513. The van der Waals surface area contributed by atoms with Gasteiger partial charge in [-0.1, -0.05) is 24.4 Å². The first-order valence-electron chi connectivity index (χ1n) is 6.11. The minimum Gasteiger partial charge on any atom is -0.490 e. The summed E-state index contributed by atoms with van der Waals surface area (Å²) in [4.78, 5) is 11.3. The van der Waals surface area contributed by atoms with Crippen molar-refractivity contribution in [3.05, 3.63) is 42.5 Å². The zero-order valence-corrected chi connectivity index (χ0v) is 11.9. The van der Waals surface area contributed by atoms with Gasteiger partial charge in [-0.25, -0.2) is 0 Å². The maximum Gasteiger partial charge on any atom is 0.239 e. The number of amides is 1. The maximum absolute atomic E-state index is 11.3. The van der Waals surface area contributed by atoms with Gasteiger partial charge in [-0.05, 0) is 36.8 Å². The van der Waals surface area contributed by atoms with E-state index in [4.69, 9.17) is 4.74 Å². The molecule has 1 aliphatic rings. The molecule has 0 unspecified atom stereocenters. The van der Waals surface area contributed by atoms with E-state index in [1.807, 2.05) is 31.2 Å². The molecule has 104 valence electrons. The number of rotatable bonds is 5. The van der Waals surface area contributed by atoms with Gasteiger partial charge in [-0.2, -0.15) is 5.10 Å². The summed E-state index contributed by atoms with van der Waals surface area (Å²) in [5.74, 6) is 0.744. The predicted octanol–water partition coefficient (Wildman–Crippen LogP) is 2.19. The lowest BCUT2D eigenvalue weighted by atomic mass is 10.2. The largest absolute Gasteiger partial charge is 0.490 e. The van der Waals surface area contributed by atoms with E-state index in [9.17, 15) is 4.79 Å². The van der Waals surface area contributed by atoms with Crippen molar-refractivity contribution >= 4 is 29.1 Å². The van der Waals surface area contributed by atoms with E-state index < -0.39 is 0 Å². The highest BCUT2D eigenvalue weighted by molar-refractivity contribution is 8.15. The average Bonchev–Trinajstić information content (AvgIpc) is 2.77. The highest BCUT2D eigenvalue weighted by atomic mass is 32.2. The van der Waals surface area contributed by atoms with Crippen LogP contribution in [0.2, 0.25) is 0 Å². The molecular formula is C14H15N3O2S. The summed E-state index contributed by atoms with van der Waals surface area (Å²) in [5.41, 5.74) is 0.905. The second-order valence-corrected chi connectivity index (χ2v) is 5.40. The van der Waals surface area contributed by atoms with Crippen molar-refractivity contribution in [2.24, 2.45) is 10.2 Å². The van der Waals surface area contributed by atoms with Crippen LogP contribution in [-0.2, 0) is 4.79 Å². The molecule has 1 fully saturated rings. The number of nitrogens with one attached hydrogen (secondary N) is 1. The van der Waals surface area contributed by atoms with Gasteiger partial charge in [0, 0.05) is 0 Å². The highest BCUT2D eigenvalue weighted by Crippen LogP contribution is 2.18. The van der Waals surface area contributed by atoms with Gasteiger partial charge in [-0.15, -0.1) is 5.10 Å². The SMILES string of the molecule is C=CCOc1ccc(/C=N\N=C2/NC(=O)[C@@H](C)S2)cc1. The number of benzene rings is 1. The van der Waals surface area contributed by atoms with Crippen LogP contribution in [0.25, 0.3) is 0 Å². The van der Waals surface area contributed by atoms with Crippen LogP contribution in [0.4, 0.5) is 0 Å². The summed E-state index contributed by atoms with van der Waals surface area (Å²) in [7, 11) is 0. The Labute approximate surface area is 121 Å². The van der Waals surface area contributed by atoms with Crippen LogP contribution in [0.5, 0.6) is 5.75 Å². The zero-order valence-electron chi connectivity index (χ0n) is 11.1. The fourth-order valence-corrected chi connectivity index (χ4v) is 2.21. The molecule has 1 amide bonds. The van der Waals surface area contributed by atoms with E-state index in [2.05, 4.69) is 22.1 Å². The fourth-order valence-electron chi connectivity index (χ4n) is 1.46. The lowest BCUT2D eigenvalue weighted by molar-refractivity contribution is -0.118. The van der Waals surface area contributed by atoms with Crippen molar-refractivity contribution < 1.29 is 9.53 Å². The number of amidine groups is 1. The van der Waals surface area contributed by atoms with E-state index in [-0.39, 0.29) is 11.2 Å². The number of ether oxygens (including phenoxy) is 1. The molecule has 0 aliphatic carbocycles. The molecule has 1 saturated heterocycles. The van der Waals surface area contributed by atoms with Crippen molar-refractivity contribution in [2.75, 3.05) is 6.61 Å². The van der Waals surface area contributed by atoms with Crippen LogP contribution in [0.1, 0.15) is 12.5 Å². The molecule has 1 heterocycles. The number of hydrogen-bond acceptors (Lipinski definition) is 5. The lowest BCUT2D eigenvalue weighted by Crippen LogP contribution is -2.23. The van der Waals surface area contributed by atoms with Gasteiger partial charge in [0.2, 0.25) is 5.91 Å². The van der Waals surface area contributed by atoms with Crippen molar-refractivity contribution in [3.8, 4) is 5.75 Å². The van der Waals surface area contributed by atoms with Gasteiger partial charge >= 0.3 is 0 Å². The molecule has 1 aromatic carbocycles. The molecule has 0 aromatic heterocycles. The van der Waals surface area contributed by atoms with Gasteiger partial charge in [0.05, 0.1) is 11.5 Å². The highest BCUT2D eigenvalue weighted by Gasteiger charge is 2.25. The van der Waals surface area contributed by atoms with Gasteiger partial charge < -0.3 is 10.1 Å². The molecular weight excluding hydrogens is 274 g/mol. The predicted molar refractivity (Wildman–Crippen MR) is 82.4 cm³/mol. The molecule has 6 heteroatoms. The summed E-state index contributed by atoms with van der Waals surface area (Å²) < 4.78 is 5.38. The zero-order chi connectivity index (χ0) is 14.4. The molecule has 1 aliphatic heterocycles. The molecule has 1 aromatic rings. The van der Waals surface area contributed by atoms with Crippen LogP contribution in [0, 0.1) is 0 Å². The maximum atomic E-state index is 11.3. The Bertz CT molecular complexity index is 552. The molecule has 1 N–H and O–H groups in total. The second-order valence-electron chi connectivity index (χ2n) is 4.07. The fraction of sp³-hybridized carbons (Fsp3) is 0.214.